The molecule has 0 aliphatic rings. The first-order valence-corrected chi connectivity index (χ1v) is 6.30. The van der Waals surface area contributed by atoms with Crippen molar-refractivity contribution in [2.75, 3.05) is 0 Å². The number of aromatic nitrogens is 1. The summed E-state index contributed by atoms with van der Waals surface area (Å²) in [5, 5.41) is 1.27. The average molecular weight is 234 g/mol. The molecule has 1 heteroatoms. The number of hydrogen-bond donors (Lipinski definition) is 1. The van der Waals surface area contributed by atoms with Crippen LogP contribution in [-0.2, 0) is 0 Å². The van der Waals surface area contributed by atoms with Gasteiger partial charge in [-0.2, -0.15) is 0 Å². The first kappa shape index (κ1) is 11.1. The second-order valence-corrected chi connectivity index (χ2v) is 4.54. The van der Waals surface area contributed by atoms with E-state index in [1.54, 1.807) is 0 Å². The third-order valence-electron chi connectivity index (χ3n) is 3.49. The van der Waals surface area contributed by atoms with Crippen LogP contribution >= 0.6 is 0 Å². The predicted octanol–water partition coefficient (Wildman–Crippen LogP) is 4.52. The highest BCUT2D eigenvalue weighted by molar-refractivity contribution is 5.83. The summed E-state index contributed by atoms with van der Waals surface area (Å²) in [4.78, 5) is 3.34. The first-order valence-electron chi connectivity index (χ1n) is 6.30. The Kier molecular flexibility index (Phi) is 2.89. The van der Waals surface area contributed by atoms with Gasteiger partial charge in [-0.1, -0.05) is 55.5 Å². The van der Waals surface area contributed by atoms with E-state index in [9.17, 15) is 0 Å². The molecule has 0 aliphatic carbocycles. The Morgan fingerprint density at radius 2 is 1.78 bits per heavy atom. The molecule has 1 aromatic heterocycles. The molecule has 0 fully saturated rings. The van der Waals surface area contributed by atoms with Gasteiger partial charge in [0.05, 0.1) is 0 Å². The van der Waals surface area contributed by atoms with Crippen LogP contribution in [0.2, 0.25) is 0 Å². The lowest BCUT2D eigenvalue weighted by molar-refractivity contribution is 0.833. The van der Waals surface area contributed by atoms with Gasteiger partial charge in [0.25, 0.3) is 0 Å². The standard InChI is InChI=1S/C17H16N/c1-2-15(13-7-4-3-5-8-13)16-10-6-9-14-11-12-18-17(14)16/h3-12,15,18H,1-2H2. The molecule has 2 aromatic carbocycles. The molecule has 1 N–H and O–H groups in total. The lowest BCUT2D eigenvalue weighted by Crippen LogP contribution is -2.00. The van der Waals surface area contributed by atoms with E-state index in [1.165, 1.54) is 22.0 Å². The first-order chi connectivity index (χ1) is 8.90. The number of para-hydroxylation sites is 1. The number of fused-ring (bicyclic) bond motifs is 1. The van der Waals surface area contributed by atoms with Crippen molar-refractivity contribution < 1.29 is 0 Å². The van der Waals surface area contributed by atoms with E-state index in [0.29, 0.717) is 5.92 Å². The fourth-order valence-corrected chi connectivity index (χ4v) is 2.59. The number of benzene rings is 2. The molecule has 18 heavy (non-hydrogen) atoms. The summed E-state index contributed by atoms with van der Waals surface area (Å²) in [6.07, 6.45) is 2.86. The van der Waals surface area contributed by atoms with Gasteiger partial charge in [0.1, 0.15) is 0 Å². The van der Waals surface area contributed by atoms with Gasteiger partial charge in [-0.15, -0.1) is 0 Å². The quantitative estimate of drug-likeness (QED) is 0.685. The fraction of sp³-hybridized carbons (Fsp3) is 0.118. The van der Waals surface area contributed by atoms with Crippen LogP contribution in [0, 0.1) is 6.92 Å². The van der Waals surface area contributed by atoms with E-state index in [1.807, 2.05) is 6.20 Å². The smallest absolute Gasteiger partial charge is 0.0492 e. The molecule has 1 unspecified atom stereocenters. The molecule has 0 amide bonds. The van der Waals surface area contributed by atoms with Crippen molar-refractivity contribution in [3.05, 3.63) is 78.8 Å². The molecule has 1 radical (unpaired) electrons. The van der Waals surface area contributed by atoms with Crippen molar-refractivity contribution in [2.45, 2.75) is 12.3 Å². The molecule has 89 valence electrons. The van der Waals surface area contributed by atoms with E-state index >= 15 is 0 Å². The molecule has 1 nitrogen and oxygen atoms in total. The van der Waals surface area contributed by atoms with Crippen molar-refractivity contribution in [1.29, 1.82) is 0 Å². The summed E-state index contributed by atoms with van der Waals surface area (Å²) in [5.74, 6) is 0.355. The molecule has 3 rings (SSSR count). The zero-order chi connectivity index (χ0) is 12.4. The maximum atomic E-state index is 4.12. The van der Waals surface area contributed by atoms with Crippen LogP contribution in [0.4, 0.5) is 0 Å². The Bertz CT molecular complexity index is 637. The average Bonchev–Trinajstić information content (AvgIpc) is 2.90. The van der Waals surface area contributed by atoms with Gasteiger partial charge in [0.15, 0.2) is 0 Å². The second kappa shape index (κ2) is 4.69. The molecule has 3 aromatic rings. The van der Waals surface area contributed by atoms with Crippen LogP contribution in [0.1, 0.15) is 23.5 Å². The van der Waals surface area contributed by atoms with Crippen LogP contribution < -0.4 is 0 Å². The molecule has 0 saturated carbocycles. The second-order valence-electron chi connectivity index (χ2n) is 4.54. The van der Waals surface area contributed by atoms with E-state index in [2.05, 4.69) is 66.5 Å². The highest BCUT2D eigenvalue weighted by Gasteiger charge is 2.14. The molecule has 0 saturated heterocycles. The monoisotopic (exact) mass is 234 g/mol. The third kappa shape index (κ3) is 1.82. The van der Waals surface area contributed by atoms with Crippen molar-refractivity contribution in [3.8, 4) is 0 Å². The number of aromatic amines is 1. The summed E-state index contributed by atoms with van der Waals surface area (Å²) in [7, 11) is 0. The summed E-state index contributed by atoms with van der Waals surface area (Å²) in [5.41, 5.74) is 3.89. The Hall–Kier alpha value is -2.02. The van der Waals surface area contributed by atoms with Crippen molar-refractivity contribution >= 4 is 10.9 Å². The van der Waals surface area contributed by atoms with Crippen LogP contribution in [0.5, 0.6) is 0 Å². The van der Waals surface area contributed by atoms with E-state index < -0.39 is 0 Å². The van der Waals surface area contributed by atoms with Gasteiger partial charge in [-0.05, 0) is 29.0 Å². The molecule has 0 aliphatic heterocycles. The minimum atomic E-state index is 0.355. The molecule has 0 spiro atoms. The Morgan fingerprint density at radius 3 is 2.56 bits per heavy atom. The Labute approximate surface area is 107 Å². The maximum absolute atomic E-state index is 4.12. The number of hydrogen-bond acceptors (Lipinski definition) is 0. The summed E-state index contributed by atoms with van der Waals surface area (Å²) >= 11 is 0. The molecule has 1 heterocycles. The van der Waals surface area contributed by atoms with Crippen LogP contribution in [0.15, 0.2) is 60.8 Å². The summed E-state index contributed by atoms with van der Waals surface area (Å²) < 4.78 is 0. The number of nitrogens with one attached hydrogen (secondary N) is 1. The molecular weight excluding hydrogens is 218 g/mol. The van der Waals surface area contributed by atoms with Crippen LogP contribution in [-0.4, -0.2) is 4.98 Å². The lowest BCUT2D eigenvalue weighted by Gasteiger charge is -2.16. The third-order valence-corrected chi connectivity index (χ3v) is 3.49. The van der Waals surface area contributed by atoms with Crippen LogP contribution in [0.25, 0.3) is 10.9 Å². The fourth-order valence-electron chi connectivity index (χ4n) is 2.59. The zero-order valence-electron chi connectivity index (χ0n) is 10.3. The largest absolute Gasteiger partial charge is 0.361 e. The molecule has 1 atom stereocenters. The SMILES string of the molecule is [CH2]CC(c1ccccc1)c1cccc2cc[nH]c12. The van der Waals surface area contributed by atoms with Crippen LogP contribution in [0.3, 0.4) is 0 Å². The van der Waals surface area contributed by atoms with E-state index in [-0.39, 0.29) is 0 Å². The van der Waals surface area contributed by atoms with Crippen molar-refractivity contribution in [1.82, 2.24) is 4.98 Å². The van der Waals surface area contributed by atoms with E-state index in [0.717, 1.165) is 6.42 Å². The highest BCUT2D eigenvalue weighted by Crippen LogP contribution is 2.32. The summed E-state index contributed by atoms with van der Waals surface area (Å²) in [6, 6.07) is 19.2. The Balaban J connectivity index is 2.15. The van der Waals surface area contributed by atoms with Gasteiger partial charge in [-0.3, -0.25) is 0 Å². The predicted molar refractivity (Wildman–Crippen MR) is 76.6 cm³/mol. The van der Waals surface area contributed by atoms with Gasteiger partial charge in [0.2, 0.25) is 0 Å². The topological polar surface area (TPSA) is 15.8 Å². The maximum Gasteiger partial charge on any atom is 0.0492 e. The van der Waals surface area contributed by atoms with Gasteiger partial charge >= 0.3 is 0 Å². The minimum Gasteiger partial charge on any atom is -0.361 e. The highest BCUT2D eigenvalue weighted by atomic mass is 14.7. The van der Waals surface area contributed by atoms with Crippen molar-refractivity contribution in [2.24, 2.45) is 0 Å². The van der Waals surface area contributed by atoms with Gasteiger partial charge < -0.3 is 4.98 Å². The zero-order valence-corrected chi connectivity index (χ0v) is 10.3. The number of rotatable bonds is 3. The van der Waals surface area contributed by atoms with Crippen molar-refractivity contribution in [3.63, 3.8) is 0 Å². The number of H-pyrrole nitrogens is 1. The Morgan fingerprint density at radius 1 is 0.944 bits per heavy atom. The van der Waals surface area contributed by atoms with Gasteiger partial charge in [-0.25, -0.2) is 0 Å². The summed E-state index contributed by atoms with van der Waals surface area (Å²) in [6.45, 7) is 4.12. The lowest BCUT2D eigenvalue weighted by atomic mass is 9.88. The minimum absolute atomic E-state index is 0.355. The molecular formula is C17H16N. The van der Waals surface area contributed by atoms with E-state index in [4.69, 9.17) is 0 Å². The molecule has 0 bridgehead atoms. The van der Waals surface area contributed by atoms with Gasteiger partial charge in [0, 0.05) is 17.6 Å². The normalized spacial score (nSPS) is 12.7.